The minimum absolute atomic E-state index is 0.0848. The van der Waals surface area contributed by atoms with E-state index in [1.807, 2.05) is 38.1 Å². The summed E-state index contributed by atoms with van der Waals surface area (Å²) in [4.78, 5) is 13.4. The predicted octanol–water partition coefficient (Wildman–Crippen LogP) is 3.60. The van der Waals surface area contributed by atoms with Crippen molar-refractivity contribution in [3.8, 4) is 17.6 Å². The third-order valence-electron chi connectivity index (χ3n) is 4.94. The van der Waals surface area contributed by atoms with Crippen LogP contribution in [0.25, 0.3) is 0 Å². The Bertz CT molecular complexity index is 1140. The fraction of sp³-hybridized carbons (Fsp3) is 0.304. The van der Waals surface area contributed by atoms with Gasteiger partial charge in [-0.15, -0.1) is 0 Å². The van der Waals surface area contributed by atoms with Crippen LogP contribution < -0.4 is 4.74 Å². The number of hydrogen-bond acceptors (Lipinski definition) is 6. The van der Waals surface area contributed by atoms with Gasteiger partial charge < -0.3 is 14.4 Å². The van der Waals surface area contributed by atoms with Gasteiger partial charge in [0.1, 0.15) is 23.0 Å². The lowest BCUT2D eigenvalue weighted by atomic mass is 10.1. The van der Waals surface area contributed by atoms with E-state index in [-0.39, 0.29) is 49.0 Å². The van der Waals surface area contributed by atoms with Gasteiger partial charge in [0.15, 0.2) is 0 Å². The van der Waals surface area contributed by atoms with Crippen LogP contribution in [0.5, 0.6) is 11.5 Å². The summed E-state index contributed by atoms with van der Waals surface area (Å²) in [5, 5.41) is 9.29. The highest BCUT2D eigenvalue weighted by molar-refractivity contribution is 7.89. The lowest BCUT2D eigenvalue weighted by molar-refractivity contribution is 0.0978. The van der Waals surface area contributed by atoms with E-state index < -0.39 is 16.1 Å². The Kier molecular flexibility index (Phi) is 7.18. The summed E-state index contributed by atoms with van der Waals surface area (Å²) < 4.78 is 39.1. The molecule has 0 aromatic heterocycles. The first-order valence-corrected chi connectivity index (χ1v) is 11.5. The van der Waals surface area contributed by atoms with Crippen molar-refractivity contribution in [3.63, 3.8) is 0 Å². The maximum Gasteiger partial charge on any atom is 0.410 e. The average Bonchev–Trinajstić information content (AvgIpc) is 2.77. The van der Waals surface area contributed by atoms with E-state index in [0.29, 0.717) is 5.75 Å². The van der Waals surface area contributed by atoms with Gasteiger partial charge in [0, 0.05) is 26.2 Å². The molecule has 8 nitrogen and oxygen atoms in total. The number of aryl methyl sites for hydroxylation is 2. The van der Waals surface area contributed by atoms with Gasteiger partial charge in [-0.05, 0) is 55.3 Å². The molecule has 1 aliphatic rings. The van der Waals surface area contributed by atoms with E-state index in [1.54, 1.807) is 0 Å². The van der Waals surface area contributed by atoms with E-state index in [1.165, 1.54) is 33.5 Å². The fourth-order valence-corrected chi connectivity index (χ4v) is 5.02. The number of hydrogen-bond donors (Lipinski definition) is 0. The second kappa shape index (κ2) is 9.85. The number of sulfonamides is 1. The first-order chi connectivity index (χ1) is 15.2. The summed E-state index contributed by atoms with van der Waals surface area (Å²) in [5.74, 6) is 0.653. The lowest BCUT2D eigenvalue weighted by Gasteiger charge is -2.33. The van der Waals surface area contributed by atoms with Crippen LogP contribution in [0.15, 0.2) is 53.9 Å². The van der Waals surface area contributed by atoms with Gasteiger partial charge in [-0.1, -0.05) is 18.7 Å². The van der Waals surface area contributed by atoms with Crippen molar-refractivity contribution < 1.29 is 22.7 Å². The molecule has 1 saturated heterocycles. The van der Waals surface area contributed by atoms with Crippen LogP contribution in [0.3, 0.4) is 0 Å². The maximum absolute atomic E-state index is 13.4. The molecule has 32 heavy (non-hydrogen) atoms. The normalized spacial score (nSPS) is 14.5. The predicted molar refractivity (Wildman–Crippen MR) is 119 cm³/mol. The van der Waals surface area contributed by atoms with Crippen LogP contribution in [0.2, 0.25) is 0 Å². The van der Waals surface area contributed by atoms with Gasteiger partial charge in [0.05, 0.1) is 11.6 Å². The monoisotopic (exact) mass is 455 g/mol. The fourth-order valence-electron chi connectivity index (χ4n) is 3.45. The molecule has 0 aliphatic carbocycles. The summed E-state index contributed by atoms with van der Waals surface area (Å²) in [6, 6.07) is 11.9. The SMILES string of the molecule is C=CCOC(=O)N1CCN(S(=O)(=O)c2cc(C#N)ccc2Oc2cc(C)cc(C)c2)CC1. The zero-order chi connectivity index (χ0) is 23.3. The summed E-state index contributed by atoms with van der Waals surface area (Å²) in [6.07, 6.45) is 0.963. The molecule has 9 heteroatoms. The Labute approximate surface area is 188 Å². The highest BCUT2D eigenvalue weighted by Gasteiger charge is 2.33. The van der Waals surface area contributed by atoms with E-state index >= 15 is 0 Å². The molecule has 1 aliphatic heterocycles. The highest BCUT2D eigenvalue weighted by atomic mass is 32.2. The summed E-state index contributed by atoms with van der Waals surface area (Å²) in [6.45, 7) is 8.04. The van der Waals surface area contributed by atoms with Crippen molar-refractivity contribution in [1.82, 2.24) is 9.21 Å². The first kappa shape index (κ1) is 23.3. The Balaban J connectivity index is 1.86. The summed E-state index contributed by atoms with van der Waals surface area (Å²) in [5.41, 5.74) is 2.18. The largest absolute Gasteiger partial charge is 0.456 e. The molecule has 0 atom stereocenters. The minimum atomic E-state index is -3.97. The van der Waals surface area contributed by atoms with E-state index in [9.17, 15) is 18.5 Å². The van der Waals surface area contributed by atoms with Crippen molar-refractivity contribution in [2.45, 2.75) is 18.7 Å². The van der Waals surface area contributed by atoms with Crippen LogP contribution >= 0.6 is 0 Å². The Morgan fingerprint density at radius 1 is 1.12 bits per heavy atom. The second-order valence-corrected chi connectivity index (χ2v) is 9.36. The molecule has 0 unspecified atom stereocenters. The number of nitrogens with zero attached hydrogens (tertiary/aromatic N) is 3. The maximum atomic E-state index is 13.4. The molecule has 0 N–H and O–H groups in total. The molecule has 3 rings (SSSR count). The summed E-state index contributed by atoms with van der Waals surface area (Å²) >= 11 is 0. The number of amides is 1. The standard InChI is InChI=1S/C23H25N3O5S/c1-4-11-30-23(27)25-7-9-26(10-8-25)32(28,29)22-15-19(16-24)5-6-21(22)31-20-13-17(2)12-18(3)14-20/h4-6,12-15H,1,7-11H2,2-3H3. The molecular weight excluding hydrogens is 430 g/mol. The Hall–Kier alpha value is -3.35. The van der Waals surface area contributed by atoms with E-state index in [0.717, 1.165) is 11.1 Å². The van der Waals surface area contributed by atoms with Crippen LogP contribution in [0.1, 0.15) is 16.7 Å². The van der Waals surface area contributed by atoms with Crippen molar-refractivity contribution in [3.05, 3.63) is 65.7 Å². The number of benzene rings is 2. The summed E-state index contributed by atoms with van der Waals surface area (Å²) in [7, 11) is -3.97. The van der Waals surface area contributed by atoms with Gasteiger partial charge in [0.2, 0.25) is 10.0 Å². The second-order valence-electron chi connectivity index (χ2n) is 7.46. The van der Waals surface area contributed by atoms with E-state index in [4.69, 9.17) is 9.47 Å². The lowest BCUT2D eigenvalue weighted by Crippen LogP contribution is -2.50. The third-order valence-corrected chi connectivity index (χ3v) is 6.85. The average molecular weight is 456 g/mol. The molecule has 1 amide bonds. The quantitative estimate of drug-likeness (QED) is 0.617. The number of carbonyl (C=O) groups is 1. The molecule has 168 valence electrons. The number of nitriles is 1. The molecule has 2 aromatic carbocycles. The molecular formula is C23H25N3O5S. The number of carbonyl (C=O) groups excluding carboxylic acids is 1. The van der Waals surface area contributed by atoms with E-state index in [2.05, 4.69) is 6.58 Å². The number of ether oxygens (including phenoxy) is 2. The first-order valence-electron chi connectivity index (χ1n) is 10.1. The van der Waals surface area contributed by atoms with Gasteiger partial charge in [-0.3, -0.25) is 0 Å². The third kappa shape index (κ3) is 5.28. The Morgan fingerprint density at radius 2 is 1.78 bits per heavy atom. The van der Waals surface area contributed by atoms with Crippen molar-refractivity contribution >= 4 is 16.1 Å². The number of rotatable bonds is 6. The van der Waals surface area contributed by atoms with Crippen LogP contribution in [-0.2, 0) is 14.8 Å². The zero-order valence-electron chi connectivity index (χ0n) is 18.1. The van der Waals surface area contributed by atoms with Crippen LogP contribution in [0, 0.1) is 25.2 Å². The van der Waals surface area contributed by atoms with Crippen molar-refractivity contribution in [1.29, 1.82) is 5.26 Å². The molecule has 1 heterocycles. The topological polar surface area (TPSA) is 99.9 Å². The van der Waals surface area contributed by atoms with Gasteiger partial charge in [0.25, 0.3) is 0 Å². The van der Waals surface area contributed by atoms with Crippen LogP contribution in [0.4, 0.5) is 4.79 Å². The highest BCUT2D eigenvalue weighted by Crippen LogP contribution is 2.33. The van der Waals surface area contributed by atoms with Crippen LogP contribution in [-0.4, -0.2) is 56.5 Å². The molecule has 0 radical (unpaired) electrons. The van der Waals surface area contributed by atoms with Crippen molar-refractivity contribution in [2.75, 3.05) is 32.8 Å². The van der Waals surface area contributed by atoms with Gasteiger partial charge >= 0.3 is 6.09 Å². The molecule has 0 bridgehead atoms. The molecule has 0 spiro atoms. The molecule has 2 aromatic rings. The molecule has 1 fully saturated rings. The smallest absolute Gasteiger partial charge is 0.410 e. The minimum Gasteiger partial charge on any atom is -0.456 e. The van der Waals surface area contributed by atoms with Gasteiger partial charge in [-0.25, -0.2) is 13.2 Å². The van der Waals surface area contributed by atoms with Crippen molar-refractivity contribution in [2.24, 2.45) is 0 Å². The van der Waals surface area contributed by atoms with Gasteiger partial charge in [-0.2, -0.15) is 9.57 Å². The zero-order valence-corrected chi connectivity index (χ0v) is 18.9. The molecule has 0 saturated carbocycles. The Morgan fingerprint density at radius 3 is 2.38 bits per heavy atom. The number of piperazine rings is 1.